The number of ether oxygens (including phenoxy) is 2. The number of methoxy groups -OCH3 is 1. The summed E-state index contributed by atoms with van der Waals surface area (Å²) in [6, 6.07) is 7.30. The number of nitrogens with zero attached hydrogens (tertiary/aromatic N) is 2. The number of carbonyl (C=O) groups excluding carboxylic acids is 2. The van der Waals surface area contributed by atoms with E-state index in [-0.39, 0.29) is 16.3 Å². The highest BCUT2D eigenvalue weighted by Gasteiger charge is 2.16. The number of esters is 1. The van der Waals surface area contributed by atoms with E-state index in [1.807, 2.05) is 24.5 Å². The quantitative estimate of drug-likeness (QED) is 0.390. The van der Waals surface area contributed by atoms with Crippen LogP contribution in [0.3, 0.4) is 0 Å². The Morgan fingerprint density at radius 3 is 2.70 bits per heavy atom. The Kier molecular flexibility index (Phi) is 8.16. The van der Waals surface area contributed by atoms with Gasteiger partial charge in [0.2, 0.25) is 0 Å². The third-order valence-corrected chi connectivity index (χ3v) is 4.60. The van der Waals surface area contributed by atoms with Crippen LogP contribution >= 0.6 is 11.6 Å². The molecule has 0 aliphatic rings. The highest BCUT2D eigenvalue weighted by molar-refractivity contribution is 6.31. The van der Waals surface area contributed by atoms with E-state index in [0.717, 1.165) is 17.5 Å². The number of halogens is 2. The van der Waals surface area contributed by atoms with Gasteiger partial charge in [-0.1, -0.05) is 11.6 Å². The van der Waals surface area contributed by atoms with E-state index in [9.17, 15) is 19.2 Å². The lowest BCUT2D eigenvalue weighted by Gasteiger charge is -2.08. The van der Waals surface area contributed by atoms with Gasteiger partial charge in [-0.2, -0.15) is 5.26 Å². The molecule has 0 aliphatic heterocycles. The van der Waals surface area contributed by atoms with Crippen molar-refractivity contribution >= 4 is 35.2 Å². The van der Waals surface area contributed by atoms with Crippen molar-refractivity contribution in [3.05, 3.63) is 57.6 Å². The minimum Gasteiger partial charge on any atom is -0.451 e. The molecule has 0 saturated heterocycles. The molecule has 7 nitrogen and oxygen atoms in total. The number of aryl methyl sites for hydroxylation is 1. The van der Waals surface area contributed by atoms with Crippen molar-refractivity contribution in [2.75, 3.05) is 25.6 Å². The summed E-state index contributed by atoms with van der Waals surface area (Å²) in [6.07, 6.45) is 1.42. The molecule has 2 rings (SSSR count). The Bertz CT molecular complexity index is 1020. The monoisotopic (exact) mass is 433 g/mol. The number of amides is 1. The lowest BCUT2D eigenvalue weighted by molar-refractivity contribution is -0.142. The maximum Gasteiger partial charge on any atom is 0.349 e. The van der Waals surface area contributed by atoms with E-state index < -0.39 is 24.3 Å². The van der Waals surface area contributed by atoms with Crippen LogP contribution in [0.2, 0.25) is 5.02 Å². The van der Waals surface area contributed by atoms with Crippen LogP contribution in [0.1, 0.15) is 17.0 Å². The van der Waals surface area contributed by atoms with Crippen molar-refractivity contribution < 1.29 is 23.5 Å². The van der Waals surface area contributed by atoms with E-state index in [4.69, 9.17) is 21.1 Å². The molecule has 9 heteroatoms. The number of nitrogens with one attached hydrogen (secondary N) is 1. The summed E-state index contributed by atoms with van der Waals surface area (Å²) in [4.78, 5) is 24.2. The first-order chi connectivity index (χ1) is 14.3. The number of carbonyl (C=O) groups is 2. The summed E-state index contributed by atoms with van der Waals surface area (Å²) in [7, 11) is 1.61. The van der Waals surface area contributed by atoms with Crippen LogP contribution in [0.4, 0.5) is 10.1 Å². The third-order valence-electron chi connectivity index (χ3n) is 4.31. The molecule has 1 aromatic heterocycles. The van der Waals surface area contributed by atoms with Crippen molar-refractivity contribution in [2.24, 2.45) is 0 Å². The van der Waals surface area contributed by atoms with Crippen LogP contribution < -0.4 is 5.32 Å². The molecule has 0 saturated carbocycles. The van der Waals surface area contributed by atoms with Gasteiger partial charge in [-0.15, -0.1) is 0 Å². The molecule has 0 aliphatic carbocycles. The third kappa shape index (κ3) is 5.92. The average Bonchev–Trinajstić information content (AvgIpc) is 2.98. The smallest absolute Gasteiger partial charge is 0.349 e. The second kappa shape index (κ2) is 10.6. The highest BCUT2D eigenvalue weighted by atomic mass is 35.5. The zero-order valence-electron chi connectivity index (χ0n) is 16.8. The van der Waals surface area contributed by atoms with Gasteiger partial charge in [0, 0.05) is 30.7 Å². The number of nitriles is 1. The van der Waals surface area contributed by atoms with E-state index in [1.165, 1.54) is 18.2 Å². The van der Waals surface area contributed by atoms with E-state index in [2.05, 4.69) is 5.32 Å². The number of aromatic nitrogens is 1. The van der Waals surface area contributed by atoms with Gasteiger partial charge in [-0.25, -0.2) is 9.18 Å². The van der Waals surface area contributed by atoms with Gasteiger partial charge in [0.05, 0.1) is 11.6 Å². The summed E-state index contributed by atoms with van der Waals surface area (Å²) < 4.78 is 25.2. The summed E-state index contributed by atoms with van der Waals surface area (Å²) in [5, 5.41) is 11.6. The van der Waals surface area contributed by atoms with Crippen molar-refractivity contribution in [2.45, 2.75) is 20.4 Å². The minimum atomic E-state index is -0.925. The molecular formula is C21H21ClFN3O4. The molecule has 0 radical (unpaired) electrons. The molecule has 1 aromatic carbocycles. The van der Waals surface area contributed by atoms with Crippen LogP contribution in [0, 0.1) is 31.0 Å². The molecule has 0 bridgehead atoms. The molecule has 0 spiro atoms. The zero-order valence-corrected chi connectivity index (χ0v) is 17.5. The molecule has 1 amide bonds. The molecule has 1 heterocycles. The molecule has 0 fully saturated rings. The predicted octanol–water partition coefficient (Wildman–Crippen LogP) is 3.63. The molecule has 158 valence electrons. The standard InChI is InChI=1S/C21H21ClFN3O4/c1-13-8-15(14(2)26(13)6-7-29-3)9-16(11-24)21(28)30-12-20(27)25-17-4-5-19(23)18(22)10-17/h4-5,8-10H,6-7,12H2,1-3H3,(H,25,27)/b16-9+. The van der Waals surface area contributed by atoms with Gasteiger partial charge in [0.25, 0.3) is 5.91 Å². The number of rotatable bonds is 8. The van der Waals surface area contributed by atoms with Gasteiger partial charge >= 0.3 is 5.97 Å². The number of benzene rings is 1. The van der Waals surface area contributed by atoms with Crippen molar-refractivity contribution in [1.82, 2.24) is 4.57 Å². The Labute approximate surface area is 178 Å². The summed E-state index contributed by atoms with van der Waals surface area (Å²) in [6.45, 7) is 4.34. The molecule has 2 aromatic rings. The molecular weight excluding hydrogens is 413 g/mol. The van der Waals surface area contributed by atoms with Crippen LogP contribution in [-0.4, -0.2) is 36.8 Å². The number of hydrogen-bond donors (Lipinski definition) is 1. The van der Waals surface area contributed by atoms with Crippen LogP contribution in [-0.2, 0) is 25.6 Å². The van der Waals surface area contributed by atoms with Gasteiger partial charge in [-0.05, 0) is 49.8 Å². The lowest BCUT2D eigenvalue weighted by atomic mass is 10.1. The van der Waals surface area contributed by atoms with Gasteiger partial charge in [0.1, 0.15) is 17.5 Å². The molecule has 1 N–H and O–H groups in total. The first-order valence-electron chi connectivity index (χ1n) is 8.96. The van der Waals surface area contributed by atoms with E-state index >= 15 is 0 Å². The van der Waals surface area contributed by atoms with Crippen LogP contribution in [0.15, 0.2) is 29.8 Å². The second-order valence-electron chi connectivity index (χ2n) is 6.39. The van der Waals surface area contributed by atoms with Crippen LogP contribution in [0.5, 0.6) is 0 Å². The van der Waals surface area contributed by atoms with Gasteiger partial charge in [-0.3, -0.25) is 4.79 Å². The predicted molar refractivity (Wildman–Crippen MR) is 110 cm³/mol. The minimum absolute atomic E-state index is 0.150. The second-order valence-corrected chi connectivity index (χ2v) is 6.80. The molecule has 30 heavy (non-hydrogen) atoms. The van der Waals surface area contributed by atoms with Crippen molar-refractivity contribution in [3.63, 3.8) is 0 Å². The zero-order chi connectivity index (χ0) is 22.3. The van der Waals surface area contributed by atoms with Crippen molar-refractivity contribution in [1.29, 1.82) is 5.26 Å². The Hall–Kier alpha value is -3.15. The van der Waals surface area contributed by atoms with Gasteiger partial charge in [0.15, 0.2) is 6.61 Å². The van der Waals surface area contributed by atoms with E-state index in [1.54, 1.807) is 13.2 Å². The molecule has 0 unspecified atom stereocenters. The normalized spacial score (nSPS) is 11.1. The summed E-state index contributed by atoms with van der Waals surface area (Å²) in [5.41, 5.74) is 2.54. The SMILES string of the molecule is COCCn1c(C)cc(/C=C(\C#N)C(=O)OCC(=O)Nc2ccc(F)c(Cl)c2)c1C. The van der Waals surface area contributed by atoms with Crippen molar-refractivity contribution in [3.8, 4) is 6.07 Å². The summed E-state index contributed by atoms with van der Waals surface area (Å²) >= 11 is 5.65. The topological polar surface area (TPSA) is 93.3 Å². The summed E-state index contributed by atoms with van der Waals surface area (Å²) in [5.74, 6) is -2.20. The number of hydrogen-bond acceptors (Lipinski definition) is 5. The highest BCUT2D eigenvalue weighted by Crippen LogP contribution is 2.20. The lowest BCUT2D eigenvalue weighted by Crippen LogP contribution is -2.21. The van der Waals surface area contributed by atoms with Crippen LogP contribution in [0.25, 0.3) is 6.08 Å². The maximum atomic E-state index is 13.2. The average molecular weight is 434 g/mol. The van der Waals surface area contributed by atoms with E-state index in [0.29, 0.717) is 18.7 Å². The number of anilines is 1. The Balaban J connectivity index is 2.03. The van der Waals surface area contributed by atoms with Gasteiger partial charge < -0.3 is 19.4 Å². The first-order valence-corrected chi connectivity index (χ1v) is 9.34. The first kappa shape index (κ1) is 23.1. The fraction of sp³-hybridized carbons (Fsp3) is 0.286. The molecule has 0 atom stereocenters. The maximum absolute atomic E-state index is 13.2. The fourth-order valence-electron chi connectivity index (χ4n) is 2.77. The largest absolute Gasteiger partial charge is 0.451 e. The Morgan fingerprint density at radius 2 is 2.07 bits per heavy atom. The fourth-order valence-corrected chi connectivity index (χ4v) is 2.95. The Morgan fingerprint density at radius 1 is 1.33 bits per heavy atom.